The van der Waals surface area contributed by atoms with E-state index < -0.39 is 0 Å². The highest BCUT2D eigenvalue weighted by Gasteiger charge is 2.17. The Morgan fingerprint density at radius 2 is 1.75 bits per heavy atom. The van der Waals surface area contributed by atoms with E-state index in [4.69, 9.17) is 6.42 Å². The molecule has 3 nitrogen and oxygen atoms in total. The first-order valence-electron chi connectivity index (χ1n) is 12.9. The van der Waals surface area contributed by atoms with Gasteiger partial charge in [0.2, 0.25) is 0 Å². The molecule has 3 heteroatoms. The van der Waals surface area contributed by atoms with Gasteiger partial charge in [-0.2, -0.15) is 0 Å². The molecule has 0 atom stereocenters. The fourth-order valence-electron chi connectivity index (χ4n) is 4.72. The number of aromatic hydroxyl groups is 1. The van der Waals surface area contributed by atoms with E-state index in [0.717, 1.165) is 47.4 Å². The second kappa shape index (κ2) is 13.7. The summed E-state index contributed by atoms with van der Waals surface area (Å²) < 4.78 is 0. The Morgan fingerprint density at radius 3 is 2.28 bits per heavy atom. The molecule has 2 aromatic carbocycles. The van der Waals surface area contributed by atoms with Crippen LogP contribution >= 0.6 is 0 Å². The second-order valence-corrected chi connectivity index (χ2v) is 9.44. The molecule has 0 spiro atoms. The lowest BCUT2D eigenvalue weighted by atomic mass is 9.85. The largest absolute Gasteiger partial charge is 0.508 e. The summed E-state index contributed by atoms with van der Waals surface area (Å²) in [5, 5.41) is 19.6. The van der Waals surface area contributed by atoms with Gasteiger partial charge in [0.15, 0.2) is 0 Å². The van der Waals surface area contributed by atoms with Crippen LogP contribution in [0, 0.1) is 12.3 Å². The zero-order chi connectivity index (χ0) is 25.9. The number of rotatable bonds is 10. The van der Waals surface area contributed by atoms with Crippen LogP contribution < -0.4 is 0 Å². The monoisotopic (exact) mass is 481 g/mol. The van der Waals surface area contributed by atoms with Crippen molar-refractivity contribution in [2.75, 3.05) is 19.7 Å². The number of aliphatic hydroxyl groups excluding tert-OH is 1. The molecule has 0 aromatic heterocycles. The molecule has 2 aromatic rings. The lowest BCUT2D eigenvalue weighted by molar-refractivity contribution is 0.245. The van der Waals surface area contributed by atoms with Gasteiger partial charge in [0, 0.05) is 32.2 Å². The van der Waals surface area contributed by atoms with Crippen molar-refractivity contribution >= 4 is 11.1 Å². The summed E-state index contributed by atoms with van der Waals surface area (Å²) in [7, 11) is 0. The summed E-state index contributed by atoms with van der Waals surface area (Å²) in [5.41, 5.74) is 8.10. The second-order valence-electron chi connectivity index (χ2n) is 9.44. The van der Waals surface area contributed by atoms with Gasteiger partial charge < -0.3 is 10.2 Å². The molecule has 1 aliphatic heterocycles. The van der Waals surface area contributed by atoms with Crippen LogP contribution in [0.15, 0.2) is 84.0 Å². The SMILES string of the molecule is C#CC/C=C(\C=C/C)C(/CCCO)=C(/c1ccc(O)cc1)c1ccc(C2=CCN(C(C)C)CC2)cc1. The summed E-state index contributed by atoms with van der Waals surface area (Å²) >= 11 is 0. The smallest absolute Gasteiger partial charge is 0.115 e. The van der Waals surface area contributed by atoms with Crippen molar-refractivity contribution in [3.8, 4) is 18.1 Å². The minimum absolute atomic E-state index is 0.116. The van der Waals surface area contributed by atoms with Gasteiger partial charge >= 0.3 is 0 Å². The Labute approximate surface area is 217 Å². The molecular formula is C33H39NO2. The molecule has 0 radical (unpaired) electrons. The van der Waals surface area contributed by atoms with E-state index in [-0.39, 0.29) is 12.4 Å². The third-order valence-corrected chi connectivity index (χ3v) is 6.69. The first-order chi connectivity index (χ1) is 17.5. The fourth-order valence-corrected chi connectivity index (χ4v) is 4.72. The minimum atomic E-state index is 0.116. The maximum absolute atomic E-state index is 9.93. The Kier molecular flexibility index (Phi) is 10.4. The summed E-state index contributed by atoms with van der Waals surface area (Å²) in [5.74, 6) is 2.96. The van der Waals surface area contributed by atoms with Gasteiger partial charge in [-0.25, -0.2) is 0 Å². The molecule has 0 amide bonds. The quantitative estimate of drug-likeness (QED) is 0.284. The Bertz CT molecular complexity index is 1160. The predicted octanol–water partition coefficient (Wildman–Crippen LogP) is 6.99. The van der Waals surface area contributed by atoms with Crippen LogP contribution in [0.25, 0.3) is 11.1 Å². The number of aliphatic hydroxyl groups is 1. The average Bonchev–Trinajstić information content (AvgIpc) is 2.90. The van der Waals surface area contributed by atoms with Crippen LogP contribution in [0.5, 0.6) is 5.75 Å². The summed E-state index contributed by atoms with van der Waals surface area (Å²) in [6.45, 7) is 8.69. The first-order valence-corrected chi connectivity index (χ1v) is 12.9. The maximum Gasteiger partial charge on any atom is 0.115 e. The van der Waals surface area contributed by atoms with Crippen molar-refractivity contribution in [3.05, 3.63) is 101 Å². The first kappa shape index (κ1) is 27.3. The van der Waals surface area contributed by atoms with Gasteiger partial charge in [-0.1, -0.05) is 60.7 Å². The number of benzene rings is 2. The Morgan fingerprint density at radius 1 is 1.08 bits per heavy atom. The van der Waals surface area contributed by atoms with Gasteiger partial charge in [0.1, 0.15) is 5.75 Å². The van der Waals surface area contributed by atoms with E-state index in [1.54, 1.807) is 12.1 Å². The Hall–Kier alpha value is -3.32. The highest BCUT2D eigenvalue weighted by molar-refractivity contribution is 5.86. The number of hydrogen-bond acceptors (Lipinski definition) is 3. The Balaban J connectivity index is 2.12. The van der Waals surface area contributed by atoms with Crippen molar-refractivity contribution in [1.29, 1.82) is 0 Å². The molecule has 188 valence electrons. The predicted molar refractivity (Wildman–Crippen MR) is 153 cm³/mol. The van der Waals surface area contributed by atoms with Crippen LogP contribution in [0.4, 0.5) is 0 Å². The van der Waals surface area contributed by atoms with Gasteiger partial charge in [-0.05, 0) is 91.1 Å². The van der Waals surface area contributed by atoms with Crippen molar-refractivity contribution in [3.63, 3.8) is 0 Å². The molecule has 0 bridgehead atoms. The van der Waals surface area contributed by atoms with E-state index in [1.807, 2.05) is 25.1 Å². The molecule has 0 unspecified atom stereocenters. The van der Waals surface area contributed by atoms with Gasteiger partial charge in [-0.15, -0.1) is 12.3 Å². The maximum atomic E-state index is 9.93. The molecular weight excluding hydrogens is 442 g/mol. The van der Waals surface area contributed by atoms with Crippen molar-refractivity contribution in [1.82, 2.24) is 4.90 Å². The molecule has 0 saturated carbocycles. The van der Waals surface area contributed by atoms with Crippen LogP contribution in [0.2, 0.25) is 0 Å². The van der Waals surface area contributed by atoms with Gasteiger partial charge in [0.05, 0.1) is 0 Å². The van der Waals surface area contributed by atoms with Crippen molar-refractivity contribution < 1.29 is 10.2 Å². The standard InChI is InChI=1S/C33H39NO2/c1-5-7-10-28(9-6-2)32(11-8-24-35)33(30-16-18-31(36)19-17-30)29-14-12-26(13-15-29)27-20-22-34(23-21-27)25(3)4/h1,6,9-10,12-20,25,35-36H,7-8,11,21-24H2,2-4H3/b9-6-,28-10+,33-32+. The lowest BCUT2D eigenvalue weighted by Crippen LogP contribution is -2.34. The fraction of sp³-hybridized carbons (Fsp3) is 0.333. The molecule has 0 aliphatic carbocycles. The molecule has 0 saturated heterocycles. The van der Waals surface area contributed by atoms with Crippen LogP contribution in [-0.2, 0) is 0 Å². The average molecular weight is 482 g/mol. The number of phenolic OH excluding ortho intramolecular Hbond substituents is 1. The molecule has 1 heterocycles. The summed E-state index contributed by atoms with van der Waals surface area (Å²) in [6, 6.07) is 16.7. The normalized spacial score (nSPS) is 15.7. The molecule has 2 N–H and O–H groups in total. The van der Waals surface area contributed by atoms with Crippen LogP contribution in [-0.4, -0.2) is 40.9 Å². The van der Waals surface area contributed by atoms with E-state index >= 15 is 0 Å². The summed E-state index contributed by atoms with van der Waals surface area (Å²) in [6.07, 6.45) is 17.1. The van der Waals surface area contributed by atoms with Crippen molar-refractivity contribution in [2.45, 2.75) is 52.5 Å². The number of nitrogens with zero attached hydrogens (tertiary/aromatic N) is 1. The van der Waals surface area contributed by atoms with Gasteiger partial charge in [0.25, 0.3) is 0 Å². The molecule has 0 fully saturated rings. The molecule has 1 aliphatic rings. The highest BCUT2D eigenvalue weighted by Crippen LogP contribution is 2.35. The number of terminal acetylenes is 1. The number of phenols is 1. The summed E-state index contributed by atoms with van der Waals surface area (Å²) in [4.78, 5) is 2.49. The molecule has 36 heavy (non-hydrogen) atoms. The number of hydrogen-bond donors (Lipinski definition) is 2. The van der Waals surface area contributed by atoms with Gasteiger partial charge in [-0.3, -0.25) is 4.90 Å². The van der Waals surface area contributed by atoms with Crippen LogP contribution in [0.3, 0.4) is 0 Å². The lowest BCUT2D eigenvalue weighted by Gasteiger charge is -2.29. The zero-order valence-corrected chi connectivity index (χ0v) is 21.9. The topological polar surface area (TPSA) is 43.7 Å². The highest BCUT2D eigenvalue weighted by atomic mass is 16.3. The minimum Gasteiger partial charge on any atom is -0.508 e. The zero-order valence-electron chi connectivity index (χ0n) is 21.9. The van der Waals surface area contributed by atoms with E-state index in [2.05, 4.69) is 67.2 Å². The van der Waals surface area contributed by atoms with E-state index in [0.29, 0.717) is 25.3 Å². The van der Waals surface area contributed by atoms with E-state index in [9.17, 15) is 10.2 Å². The van der Waals surface area contributed by atoms with E-state index in [1.165, 1.54) is 11.1 Å². The third kappa shape index (κ3) is 7.10. The number of allylic oxidation sites excluding steroid dienone is 5. The van der Waals surface area contributed by atoms with Crippen molar-refractivity contribution in [2.24, 2.45) is 0 Å². The van der Waals surface area contributed by atoms with Crippen LogP contribution in [0.1, 0.15) is 63.1 Å². The third-order valence-electron chi connectivity index (χ3n) is 6.69. The molecule has 3 rings (SSSR count).